The van der Waals surface area contributed by atoms with E-state index in [2.05, 4.69) is 20.6 Å². The number of aromatic nitrogens is 2. The van der Waals surface area contributed by atoms with E-state index >= 15 is 0 Å². The van der Waals surface area contributed by atoms with Crippen LogP contribution >= 0.6 is 0 Å². The third kappa shape index (κ3) is 3.31. The highest BCUT2D eigenvalue weighted by atomic mass is 16.5. The molecule has 6 nitrogen and oxygen atoms in total. The molecule has 1 aromatic carbocycles. The third-order valence-electron chi connectivity index (χ3n) is 2.72. The van der Waals surface area contributed by atoms with Gasteiger partial charge in [0.15, 0.2) is 0 Å². The summed E-state index contributed by atoms with van der Waals surface area (Å²) in [7, 11) is 1.63. The van der Waals surface area contributed by atoms with Crippen molar-refractivity contribution in [2.24, 2.45) is 0 Å². The van der Waals surface area contributed by atoms with Gasteiger partial charge in [0, 0.05) is 24.5 Å². The molecule has 100 valence electrons. The highest BCUT2D eigenvalue weighted by Gasteiger charge is 2.04. The molecule has 0 aliphatic carbocycles. The molecule has 19 heavy (non-hydrogen) atoms. The summed E-state index contributed by atoms with van der Waals surface area (Å²) in [4.78, 5) is 18.6. The zero-order chi connectivity index (χ0) is 13.5. The SMILES string of the molecule is COc1ccc2c(NCCCNC=O)ncnc2c1. The first-order valence-corrected chi connectivity index (χ1v) is 6.05. The number of rotatable bonds is 7. The summed E-state index contributed by atoms with van der Waals surface area (Å²) in [6.07, 6.45) is 3.06. The number of nitrogens with one attached hydrogen (secondary N) is 2. The summed E-state index contributed by atoms with van der Waals surface area (Å²) in [5, 5.41) is 6.80. The van der Waals surface area contributed by atoms with Crippen LogP contribution in [0.4, 0.5) is 5.82 Å². The zero-order valence-electron chi connectivity index (χ0n) is 10.7. The minimum atomic E-state index is 0.646. The molecule has 0 saturated heterocycles. The Morgan fingerprint density at radius 2 is 2.21 bits per heavy atom. The second-order valence-electron chi connectivity index (χ2n) is 3.96. The Bertz CT molecular complexity index is 559. The van der Waals surface area contributed by atoms with E-state index in [1.54, 1.807) is 7.11 Å². The maximum Gasteiger partial charge on any atom is 0.207 e. The number of carbonyl (C=O) groups is 1. The van der Waals surface area contributed by atoms with Crippen LogP contribution in [0.2, 0.25) is 0 Å². The Morgan fingerprint density at radius 3 is 3.00 bits per heavy atom. The quantitative estimate of drug-likeness (QED) is 0.577. The summed E-state index contributed by atoms with van der Waals surface area (Å²) in [5.74, 6) is 1.56. The number of fused-ring (bicyclic) bond motifs is 1. The van der Waals surface area contributed by atoms with Crippen molar-refractivity contribution in [2.75, 3.05) is 25.5 Å². The van der Waals surface area contributed by atoms with Gasteiger partial charge in [-0.3, -0.25) is 4.79 Å². The number of benzene rings is 1. The van der Waals surface area contributed by atoms with Crippen molar-refractivity contribution in [3.8, 4) is 5.75 Å². The highest BCUT2D eigenvalue weighted by Crippen LogP contribution is 2.23. The predicted octanol–water partition coefficient (Wildman–Crippen LogP) is 1.19. The highest BCUT2D eigenvalue weighted by molar-refractivity contribution is 5.89. The van der Waals surface area contributed by atoms with Crippen molar-refractivity contribution in [2.45, 2.75) is 6.42 Å². The number of ether oxygens (including phenoxy) is 1. The van der Waals surface area contributed by atoms with Gasteiger partial charge in [0.05, 0.1) is 12.6 Å². The van der Waals surface area contributed by atoms with E-state index in [4.69, 9.17) is 4.74 Å². The first-order valence-electron chi connectivity index (χ1n) is 6.05. The van der Waals surface area contributed by atoms with E-state index in [0.29, 0.717) is 13.0 Å². The summed E-state index contributed by atoms with van der Waals surface area (Å²) in [6.45, 7) is 1.38. The smallest absolute Gasteiger partial charge is 0.207 e. The second-order valence-corrected chi connectivity index (χ2v) is 3.96. The fourth-order valence-electron chi connectivity index (χ4n) is 1.76. The zero-order valence-corrected chi connectivity index (χ0v) is 10.7. The fraction of sp³-hybridized carbons (Fsp3) is 0.308. The number of hydrogen-bond donors (Lipinski definition) is 2. The molecular weight excluding hydrogens is 244 g/mol. The van der Waals surface area contributed by atoms with Crippen LogP contribution in [0.25, 0.3) is 10.9 Å². The lowest BCUT2D eigenvalue weighted by Crippen LogP contribution is -2.16. The molecule has 0 unspecified atom stereocenters. The van der Waals surface area contributed by atoms with E-state index in [9.17, 15) is 4.79 Å². The van der Waals surface area contributed by atoms with E-state index in [-0.39, 0.29) is 0 Å². The Balaban J connectivity index is 2.08. The fourth-order valence-corrected chi connectivity index (χ4v) is 1.76. The molecule has 2 N–H and O–H groups in total. The molecule has 0 bridgehead atoms. The summed E-state index contributed by atoms with van der Waals surface area (Å²) < 4.78 is 5.17. The summed E-state index contributed by atoms with van der Waals surface area (Å²) in [5.41, 5.74) is 0.836. The second kappa shape index (κ2) is 6.53. The first kappa shape index (κ1) is 13.1. The molecule has 6 heteroatoms. The van der Waals surface area contributed by atoms with Crippen LogP contribution in [0.3, 0.4) is 0 Å². The minimum Gasteiger partial charge on any atom is -0.497 e. The van der Waals surface area contributed by atoms with Crippen molar-refractivity contribution in [3.63, 3.8) is 0 Å². The molecule has 1 aromatic heterocycles. The topological polar surface area (TPSA) is 76.1 Å². The maximum atomic E-state index is 10.1. The van der Waals surface area contributed by atoms with Gasteiger partial charge < -0.3 is 15.4 Å². The van der Waals surface area contributed by atoms with Crippen LogP contribution < -0.4 is 15.4 Å². The lowest BCUT2D eigenvalue weighted by Gasteiger charge is -2.08. The van der Waals surface area contributed by atoms with Crippen LogP contribution in [0, 0.1) is 0 Å². The van der Waals surface area contributed by atoms with Crippen LogP contribution in [-0.2, 0) is 4.79 Å². The van der Waals surface area contributed by atoms with E-state index in [0.717, 1.165) is 35.4 Å². The molecule has 1 heterocycles. The van der Waals surface area contributed by atoms with E-state index in [1.165, 1.54) is 6.33 Å². The lowest BCUT2D eigenvalue weighted by molar-refractivity contribution is -0.109. The van der Waals surface area contributed by atoms with Gasteiger partial charge in [-0.1, -0.05) is 0 Å². The van der Waals surface area contributed by atoms with Crippen LogP contribution in [0.5, 0.6) is 5.75 Å². The van der Waals surface area contributed by atoms with Gasteiger partial charge in [-0.05, 0) is 18.6 Å². The van der Waals surface area contributed by atoms with Crippen molar-refractivity contribution >= 4 is 23.1 Å². The Hall–Kier alpha value is -2.37. The maximum absolute atomic E-state index is 10.1. The van der Waals surface area contributed by atoms with Crippen molar-refractivity contribution in [1.82, 2.24) is 15.3 Å². The number of carbonyl (C=O) groups excluding carboxylic acids is 1. The molecule has 0 aliphatic rings. The molecule has 2 rings (SSSR count). The van der Waals surface area contributed by atoms with Crippen LogP contribution in [0.15, 0.2) is 24.5 Å². The van der Waals surface area contributed by atoms with Crippen LogP contribution in [0.1, 0.15) is 6.42 Å². The molecule has 0 radical (unpaired) electrons. The molecule has 0 atom stereocenters. The number of anilines is 1. The van der Waals surface area contributed by atoms with Gasteiger partial charge in [0.1, 0.15) is 17.9 Å². The Morgan fingerprint density at radius 1 is 1.32 bits per heavy atom. The predicted molar refractivity (Wildman–Crippen MR) is 73.3 cm³/mol. The minimum absolute atomic E-state index is 0.646. The number of amides is 1. The van der Waals surface area contributed by atoms with Gasteiger partial charge in [-0.15, -0.1) is 0 Å². The Labute approximate surface area is 111 Å². The Kier molecular flexibility index (Phi) is 4.49. The average Bonchev–Trinajstić information content (AvgIpc) is 2.46. The van der Waals surface area contributed by atoms with E-state index in [1.807, 2.05) is 18.2 Å². The lowest BCUT2D eigenvalue weighted by atomic mass is 10.2. The largest absolute Gasteiger partial charge is 0.497 e. The molecule has 0 saturated carbocycles. The third-order valence-corrected chi connectivity index (χ3v) is 2.72. The number of methoxy groups -OCH3 is 1. The van der Waals surface area contributed by atoms with Gasteiger partial charge in [-0.25, -0.2) is 9.97 Å². The monoisotopic (exact) mass is 260 g/mol. The molecule has 0 aliphatic heterocycles. The molecular formula is C13H16N4O2. The number of nitrogens with zero attached hydrogens (tertiary/aromatic N) is 2. The van der Waals surface area contributed by atoms with Gasteiger partial charge in [0.25, 0.3) is 0 Å². The summed E-state index contributed by atoms with van der Waals surface area (Å²) in [6, 6.07) is 5.68. The van der Waals surface area contributed by atoms with Crippen molar-refractivity contribution < 1.29 is 9.53 Å². The van der Waals surface area contributed by atoms with Crippen molar-refractivity contribution in [1.29, 1.82) is 0 Å². The first-order chi connectivity index (χ1) is 9.35. The standard InChI is InChI=1S/C13H16N4O2/c1-19-10-3-4-11-12(7-10)16-8-17-13(11)15-6-2-5-14-9-18/h3-4,7-9H,2,5-6H2,1H3,(H,14,18)(H,15,16,17). The van der Waals surface area contributed by atoms with Gasteiger partial charge in [-0.2, -0.15) is 0 Å². The van der Waals surface area contributed by atoms with Gasteiger partial charge >= 0.3 is 0 Å². The molecule has 0 fully saturated rings. The van der Waals surface area contributed by atoms with Crippen LogP contribution in [-0.4, -0.2) is 36.6 Å². The van der Waals surface area contributed by atoms with Crippen molar-refractivity contribution in [3.05, 3.63) is 24.5 Å². The molecule has 2 aromatic rings. The van der Waals surface area contributed by atoms with E-state index < -0.39 is 0 Å². The molecule has 0 spiro atoms. The molecule has 1 amide bonds. The summed E-state index contributed by atoms with van der Waals surface area (Å²) >= 11 is 0. The normalized spacial score (nSPS) is 10.2. The average molecular weight is 260 g/mol. The number of hydrogen-bond acceptors (Lipinski definition) is 5. The van der Waals surface area contributed by atoms with Gasteiger partial charge in [0.2, 0.25) is 6.41 Å².